The van der Waals surface area contributed by atoms with Gasteiger partial charge in [-0.05, 0) is 36.2 Å². The Hall–Kier alpha value is -1.32. The van der Waals surface area contributed by atoms with E-state index in [0.29, 0.717) is 12.1 Å². The number of carbonyl (C=O) groups is 1. The molecule has 0 saturated heterocycles. The predicted octanol–water partition coefficient (Wildman–Crippen LogP) is 4.47. The number of benzene rings is 2. The first-order valence-corrected chi connectivity index (χ1v) is 7.54. The van der Waals surface area contributed by atoms with Gasteiger partial charge in [-0.25, -0.2) is 0 Å². The summed E-state index contributed by atoms with van der Waals surface area (Å²) in [5.41, 5.74) is 2.61. The molecule has 1 unspecified atom stereocenters. The fraction of sp³-hybridized carbons (Fsp3) is 0.188. The van der Waals surface area contributed by atoms with Crippen molar-refractivity contribution in [1.29, 1.82) is 0 Å². The van der Waals surface area contributed by atoms with Crippen LogP contribution in [0.1, 0.15) is 26.9 Å². The van der Waals surface area contributed by atoms with Gasteiger partial charge < -0.3 is 5.32 Å². The van der Waals surface area contributed by atoms with Gasteiger partial charge in [0, 0.05) is 16.6 Å². The third kappa shape index (κ3) is 3.84. The Morgan fingerprint density at radius 3 is 2.60 bits per heavy atom. The summed E-state index contributed by atoms with van der Waals surface area (Å²) in [4.78, 5) is 12.1. The quantitative estimate of drug-likeness (QED) is 0.808. The summed E-state index contributed by atoms with van der Waals surface area (Å²) in [6, 6.07) is 15.3. The van der Waals surface area contributed by atoms with Crippen LogP contribution in [0, 0.1) is 6.92 Å². The molecule has 2 aromatic rings. The maximum Gasteiger partial charge on any atom is 0.251 e. The van der Waals surface area contributed by atoms with Crippen molar-refractivity contribution in [3.8, 4) is 0 Å². The number of carbonyl (C=O) groups excluding carboxylic acids is 1. The first kappa shape index (κ1) is 15.1. The van der Waals surface area contributed by atoms with Crippen molar-refractivity contribution < 1.29 is 4.79 Å². The largest absolute Gasteiger partial charge is 0.350 e. The van der Waals surface area contributed by atoms with E-state index in [2.05, 4.69) is 21.2 Å². The van der Waals surface area contributed by atoms with Crippen molar-refractivity contribution >= 4 is 33.4 Å². The van der Waals surface area contributed by atoms with Crippen molar-refractivity contribution in [2.45, 2.75) is 12.3 Å². The van der Waals surface area contributed by atoms with E-state index in [1.165, 1.54) is 0 Å². The van der Waals surface area contributed by atoms with Crippen LogP contribution in [0.3, 0.4) is 0 Å². The Morgan fingerprint density at radius 1 is 1.25 bits per heavy atom. The molecule has 0 aromatic heterocycles. The fourth-order valence-corrected chi connectivity index (χ4v) is 2.64. The highest BCUT2D eigenvalue weighted by Crippen LogP contribution is 2.19. The Kier molecular flexibility index (Phi) is 5.21. The second-order valence-corrected chi connectivity index (χ2v) is 5.99. The minimum atomic E-state index is -0.226. The van der Waals surface area contributed by atoms with Crippen LogP contribution < -0.4 is 5.32 Å². The van der Waals surface area contributed by atoms with Crippen molar-refractivity contribution in [3.05, 3.63) is 69.7 Å². The molecule has 2 aromatic carbocycles. The third-order valence-corrected chi connectivity index (χ3v) is 3.94. The Morgan fingerprint density at radius 2 is 1.95 bits per heavy atom. The van der Waals surface area contributed by atoms with Gasteiger partial charge in [0.2, 0.25) is 0 Å². The number of nitrogens with one attached hydrogen (secondary N) is 1. The molecular formula is C16H15BrClNO. The van der Waals surface area contributed by atoms with Gasteiger partial charge in [0.15, 0.2) is 0 Å². The molecular weight excluding hydrogens is 338 g/mol. The molecule has 0 heterocycles. The van der Waals surface area contributed by atoms with Crippen LogP contribution in [-0.4, -0.2) is 12.5 Å². The van der Waals surface area contributed by atoms with Gasteiger partial charge in [0.1, 0.15) is 0 Å². The minimum absolute atomic E-state index is 0.100. The van der Waals surface area contributed by atoms with Gasteiger partial charge in [-0.3, -0.25) is 4.79 Å². The Labute approximate surface area is 132 Å². The molecule has 0 aliphatic rings. The summed E-state index contributed by atoms with van der Waals surface area (Å²) in [5, 5.41) is 2.65. The smallest absolute Gasteiger partial charge is 0.251 e. The zero-order valence-corrected chi connectivity index (χ0v) is 13.4. The monoisotopic (exact) mass is 351 g/mol. The van der Waals surface area contributed by atoms with E-state index in [0.717, 1.165) is 15.6 Å². The molecule has 0 spiro atoms. The second-order valence-electron chi connectivity index (χ2n) is 4.55. The van der Waals surface area contributed by atoms with E-state index < -0.39 is 0 Å². The van der Waals surface area contributed by atoms with E-state index in [-0.39, 0.29) is 11.3 Å². The lowest BCUT2D eigenvalue weighted by molar-refractivity contribution is 0.0953. The molecule has 0 radical (unpaired) electrons. The van der Waals surface area contributed by atoms with Crippen molar-refractivity contribution in [1.82, 2.24) is 5.32 Å². The average Bonchev–Trinajstić information content (AvgIpc) is 2.45. The molecule has 2 rings (SSSR count). The van der Waals surface area contributed by atoms with Crippen LogP contribution in [0.4, 0.5) is 0 Å². The van der Waals surface area contributed by atoms with Gasteiger partial charge in [0.05, 0.1) is 5.38 Å². The van der Waals surface area contributed by atoms with E-state index in [9.17, 15) is 4.79 Å². The zero-order chi connectivity index (χ0) is 14.5. The minimum Gasteiger partial charge on any atom is -0.350 e. The Bertz CT molecular complexity index is 601. The fourth-order valence-electron chi connectivity index (χ4n) is 1.94. The van der Waals surface area contributed by atoms with Crippen molar-refractivity contribution in [2.75, 3.05) is 6.54 Å². The van der Waals surface area contributed by atoms with Crippen LogP contribution in [0.2, 0.25) is 0 Å². The lowest BCUT2D eigenvalue weighted by atomic mass is 10.1. The molecule has 0 aliphatic heterocycles. The summed E-state index contributed by atoms with van der Waals surface area (Å²) >= 11 is 9.67. The highest BCUT2D eigenvalue weighted by Gasteiger charge is 2.12. The molecule has 0 saturated carbocycles. The standard InChI is InChI=1S/C16H15BrClNO/c1-11-9-13(17)7-8-14(11)16(20)19-10-15(18)12-5-3-2-4-6-12/h2-9,15H,10H2,1H3,(H,19,20). The molecule has 104 valence electrons. The average molecular weight is 353 g/mol. The lowest BCUT2D eigenvalue weighted by Gasteiger charge is -2.12. The number of aryl methyl sites for hydroxylation is 1. The van der Waals surface area contributed by atoms with Crippen LogP contribution >= 0.6 is 27.5 Å². The van der Waals surface area contributed by atoms with Gasteiger partial charge in [-0.1, -0.05) is 46.3 Å². The lowest BCUT2D eigenvalue weighted by Crippen LogP contribution is -2.27. The molecule has 0 aliphatic carbocycles. The first-order chi connectivity index (χ1) is 9.58. The SMILES string of the molecule is Cc1cc(Br)ccc1C(=O)NCC(Cl)c1ccccc1. The van der Waals surface area contributed by atoms with Crippen LogP contribution in [0.5, 0.6) is 0 Å². The van der Waals surface area contributed by atoms with Crippen LogP contribution in [0.15, 0.2) is 53.0 Å². The second kappa shape index (κ2) is 6.91. The van der Waals surface area contributed by atoms with Crippen LogP contribution in [0.25, 0.3) is 0 Å². The summed E-state index contributed by atoms with van der Waals surface area (Å²) in [5.74, 6) is -0.100. The number of rotatable bonds is 4. The molecule has 2 nitrogen and oxygen atoms in total. The van der Waals surface area contributed by atoms with E-state index in [4.69, 9.17) is 11.6 Å². The molecule has 0 bridgehead atoms. The van der Waals surface area contributed by atoms with Gasteiger partial charge in [-0.15, -0.1) is 11.6 Å². The first-order valence-electron chi connectivity index (χ1n) is 6.31. The number of halogens is 2. The Balaban J connectivity index is 1.99. The highest BCUT2D eigenvalue weighted by molar-refractivity contribution is 9.10. The number of hydrogen-bond acceptors (Lipinski definition) is 1. The van der Waals surface area contributed by atoms with Gasteiger partial charge in [0.25, 0.3) is 5.91 Å². The van der Waals surface area contributed by atoms with E-state index in [1.807, 2.05) is 49.4 Å². The van der Waals surface area contributed by atoms with E-state index >= 15 is 0 Å². The molecule has 4 heteroatoms. The summed E-state index contributed by atoms with van der Waals surface area (Å²) < 4.78 is 0.964. The topological polar surface area (TPSA) is 29.1 Å². The maximum atomic E-state index is 12.1. The van der Waals surface area contributed by atoms with Gasteiger partial charge in [-0.2, -0.15) is 0 Å². The zero-order valence-electron chi connectivity index (χ0n) is 11.1. The molecule has 1 N–H and O–H groups in total. The van der Waals surface area contributed by atoms with Gasteiger partial charge >= 0.3 is 0 Å². The maximum absolute atomic E-state index is 12.1. The van der Waals surface area contributed by atoms with Crippen LogP contribution in [-0.2, 0) is 0 Å². The molecule has 20 heavy (non-hydrogen) atoms. The summed E-state index contributed by atoms with van der Waals surface area (Å²) in [6.07, 6.45) is 0. The summed E-state index contributed by atoms with van der Waals surface area (Å²) in [6.45, 7) is 2.31. The molecule has 1 atom stereocenters. The summed E-state index contributed by atoms with van der Waals surface area (Å²) in [7, 11) is 0. The number of amides is 1. The number of alkyl halides is 1. The number of hydrogen-bond donors (Lipinski definition) is 1. The third-order valence-electron chi connectivity index (χ3n) is 3.04. The molecule has 1 amide bonds. The van der Waals surface area contributed by atoms with Crippen molar-refractivity contribution in [2.24, 2.45) is 0 Å². The molecule has 0 fully saturated rings. The van der Waals surface area contributed by atoms with Crippen molar-refractivity contribution in [3.63, 3.8) is 0 Å². The van der Waals surface area contributed by atoms with E-state index in [1.54, 1.807) is 6.07 Å². The highest BCUT2D eigenvalue weighted by atomic mass is 79.9. The predicted molar refractivity (Wildman–Crippen MR) is 86.2 cm³/mol. The normalized spacial score (nSPS) is 11.9.